The first-order valence-corrected chi connectivity index (χ1v) is 9.14. The number of hydrogen-bond acceptors (Lipinski definition) is 4. The SMILES string of the molecule is CC.COC1=CC=CC(C2CCC(C(N)=O)N2C(=O)OC(C)(C)C)C=C1. The van der Waals surface area contributed by atoms with E-state index in [0.717, 1.165) is 5.76 Å². The van der Waals surface area contributed by atoms with Gasteiger partial charge in [0.05, 0.1) is 7.11 Å². The van der Waals surface area contributed by atoms with Crippen LogP contribution < -0.4 is 5.73 Å². The average molecular weight is 364 g/mol. The number of ether oxygens (including phenoxy) is 2. The lowest BCUT2D eigenvalue weighted by Crippen LogP contribution is -2.50. The molecule has 1 aliphatic heterocycles. The van der Waals surface area contributed by atoms with E-state index in [1.165, 1.54) is 4.90 Å². The number of carbonyl (C=O) groups is 2. The van der Waals surface area contributed by atoms with Crippen LogP contribution in [0.15, 0.2) is 36.1 Å². The second kappa shape index (κ2) is 9.46. The van der Waals surface area contributed by atoms with Crippen molar-refractivity contribution in [1.29, 1.82) is 0 Å². The fraction of sp³-hybridized carbons (Fsp3) is 0.600. The van der Waals surface area contributed by atoms with E-state index in [1.54, 1.807) is 27.9 Å². The number of nitrogens with two attached hydrogens (primary N) is 1. The third-order valence-electron chi connectivity index (χ3n) is 4.12. The molecule has 6 heteroatoms. The van der Waals surface area contributed by atoms with E-state index in [4.69, 9.17) is 15.2 Å². The number of hydrogen-bond donors (Lipinski definition) is 1. The summed E-state index contributed by atoms with van der Waals surface area (Å²) in [6.07, 6.45) is 10.3. The molecule has 146 valence electrons. The van der Waals surface area contributed by atoms with Crippen molar-refractivity contribution < 1.29 is 19.1 Å². The van der Waals surface area contributed by atoms with E-state index in [1.807, 2.05) is 44.2 Å². The number of amides is 2. The van der Waals surface area contributed by atoms with Crippen molar-refractivity contribution in [2.75, 3.05) is 7.11 Å². The summed E-state index contributed by atoms with van der Waals surface area (Å²) in [5.74, 6) is 0.202. The third kappa shape index (κ3) is 5.64. The zero-order valence-electron chi connectivity index (χ0n) is 16.7. The van der Waals surface area contributed by atoms with Gasteiger partial charge in [-0.25, -0.2) is 4.79 Å². The first-order chi connectivity index (χ1) is 12.2. The van der Waals surface area contributed by atoms with E-state index in [0.29, 0.717) is 12.8 Å². The molecule has 6 nitrogen and oxygen atoms in total. The number of rotatable bonds is 3. The normalized spacial score (nSPS) is 24.9. The van der Waals surface area contributed by atoms with Crippen LogP contribution in [0.1, 0.15) is 47.5 Å². The standard InChI is InChI=1S/C18H26N2O4.C2H6/c1-18(2,3)24-17(22)20-14(10-11-15(20)16(19)21)12-6-5-7-13(23-4)9-8-12;1-2/h5-9,12,14-15H,10-11H2,1-4H3,(H2,19,21);1-2H3. The van der Waals surface area contributed by atoms with E-state index in [9.17, 15) is 9.59 Å². The van der Waals surface area contributed by atoms with Gasteiger partial charge in [0.25, 0.3) is 0 Å². The van der Waals surface area contributed by atoms with Gasteiger partial charge < -0.3 is 15.2 Å². The molecule has 1 fully saturated rings. The van der Waals surface area contributed by atoms with Crippen molar-refractivity contribution in [3.8, 4) is 0 Å². The minimum atomic E-state index is -0.634. The van der Waals surface area contributed by atoms with Crippen LogP contribution in [0.25, 0.3) is 0 Å². The molecule has 1 aliphatic carbocycles. The molecule has 2 N–H and O–H groups in total. The van der Waals surface area contributed by atoms with Crippen LogP contribution in [0.3, 0.4) is 0 Å². The number of methoxy groups -OCH3 is 1. The molecule has 0 spiro atoms. The van der Waals surface area contributed by atoms with E-state index in [-0.39, 0.29) is 12.0 Å². The molecule has 1 saturated heterocycles. The summed E-state index contributed by atoms with van der Waals surface area (Å²) in [5, 5.41) is 0. The topological polar surface area (TPSA) is 81.9 Å². The maximum atomic E-state index is 12.6. The molecule has 2 rings (SSSR count). The van der Waals surface area contributed by atoms with Gasteiger partial charge in [-0.15, -0.1) is 0 Å². The monoisotopic (exact) mass is 364 g/mol. The molecule has 1 heterocycles. The molecule has 2 amide bonds. The van der Waals surface area contributed by atoms with Crippen molar-refractivity contribution in [3.05, 3.63) is 36.1 Å². The summed E-state index contributed by atoms with van der Waals surface area (Å²) in [6, 6.07) is -0.806. The highest BCUT2D eigenvalue weighted by Gasteiger charge is 2.44. The van der Waals surface area contributed by atoms with Gasteiger partial charge in [0.2, 0.25) is 5.91 Å². The number of likely N-dealkylation sites (tertiary alicyclic amines) is 1. The zero-order chi connectivity index (χ0) is 19.9. The predicted molar refractivity (Wildman–Crippen MR) is 102 cm³/mol. The molecule has 0 saturated carbocycles. The minimum absolute atomic E-state index is 0.0363. The Bertz CT molecular complexity index is 587. The highest BCUT2D eigenvalue weighted by atomic mass is 16.6. The quantitative estimate of drug-likeness (QED) is 0.830. The Morgan fingerprint density at radius 3 is 2.38 bits per heavy atom. The van der Waals surface area contributed by atoms with Gasteiger partial charge in [-0.05, 0) is 45.8 Å². The Labute approximate surface area is 156 Å². The van der Waals surface area contributed by atoms with Crippen LogP contribution in [0.4, 0.5) is 4.79 Å². The summed E-state index contributed by atoms with van der Waals surface area (Å²) in [5.41, 5.74) is 4.87. The van der Waals surface area contributed by atoms with Crippen molar-refractivity contribution in [2.24, 2.45) is 11.7 Å². The molecule has 0 aromatic heterocycles. The number of allylic oxidation sites excluding steroid dienone is 3. The van der Waals surface area contributed by atoms with E-state index in [2.05, 4.69) is 0 Å². The number of nitrogens with zero attached hydrogens (tertiary/aromatic N) is 1. The Balaban J connectivity index is 0.00000163. The van der Waals surface area contributed by atoms with E-state index >= 15 is 0 Å². The highest BCUT2D eigenvalue weighted by Crippen LogP contribution is 2.33. The summed E-state index contributed by atoms with van der Waals surface area (Å²) in [4.78, 5) is 25.9. The first kappa shape index (κ1) is 21.8. The summed E-state index contributed by atoms with van der Waals surface area (Å²) in [7, 11) is 1.61. The van der Waals surface area contributed by atoms with Gasteiger partial charge >= 0.3 is 6.09 Å². The van der Waals surface area contributed by atoms with Gasteiger partial charge in [0.15, 0.2) is 0 Å². The Morgan fingerprint density at radius 2 is 1.85 bits per heavy atom. The summed E-state index contributed by atoms with van der Waals surface area (Å²) in [6.45, 7) is 9.40. The second-order valence-corrected chi connectivity index (χ2v) is 7.05. The summed E-state index contributed by atoms with van der Waals surface area (Å²) < 4.78 is 10.7. The van der Waals surface area contributed by atoms with Gasteiger partial charge in [0, 0.05) is 12.0 Å². The third-order valence-corrected chi connectivity index (χ3v) is 4.12. The molecular formula is C20H32N2O4. The molecule has 2 aliphatic rings. The van der Waals surface area contributed by atoms with Gasteiger partial charge in [-0.3, -0.25) is 9.69 Å². The lowest BCUT2D eigenvalue weighted by molar-refractivity contribution is -0.122. The zero-order valence-corrected chi connectivity index (χ0v) is 16.7. The van der Waals surface area contributed by atoms with Crippen molar-refractivity contribution >= 4 is 12.0 Å². The highest BCUT2D eigenvalue weighted by molar-refractivity contribution is 5.85. The Hall–Kier alpha value is -2.24. The Morgan fingerprint density at radius 1 is 1.19 bits per heavy atom. The molecular weight excluding hydrogens is 332 g/mol. The maximum Gasteiger partial charge on any atom is 0.411 e. The Kier molecular flexibility index (Phi) is 7.93. The van der Waals surface area contributed by atoms with Crippen molar-refractivity contribution in [2.45, 2.75) is 65.1 Å². The summed E-state index contributed by atoms with van der Waals surface area (Å²) >= 11 is 0. The maximum absolute atomic E-state index is 12.6. The van der Waals surface area contributed by atoms with E-state index < -0.39 is 23.6 Å². The average Bonchev–Trinajstić information content (AvgIpc) is 2.88. The van der Waals surface area contributed by atoms with Crippen LogP contribution in [-0.2, 0) is 14.3 Å². The lowest BCUT2D eigenvalue weighted by Gasteiger charge is -2.33. The second-order valence-electron chi connectivity index (χ2n) is 7.05. The molecule has 0 radical (unpaired) electrons. The van der Waals surface area contributed by atoms with Crippen LogP contribution >= 0.6 is 0 Å². The number of carbonyl (C=O) groups excluding carboxylic acids is 2. The molecule has 0 aromatic rings. The fourth-order valence-electron chi connectivity index (χ4n) is 3.07. The smallest absolute Gasteiger partial charge is 0.411 e. The van der Waals surface area contributed by atoms with Crippen LogP contribution in [0, 0.1) is 5.92 Å². The fourth-order valence-corrected chi connectivity index (χ4v) is 3.07. The number of primary amides is 1. The molecule has 0 bridgehead atoms. The lowest BCUT2D eigenvalue weighted by atomic mass is 9.97. The van der Waals surface area contributed by atoms with Crippen molar-refractivity contribution in [3.63, 3.8) is 0 Å². The minimum Gasteiger partial charge on any atom is -0.497 e. The van der Waals surface area contributed by atoms with Crippen LogP contribution in [-0.4, -0.2) is 41.7 Å². The van der Waals surface area contributed by atoms with Crippen LogP contribution in [0.2, 0.25) is 0 Å². The van der Waals surface area contributed by atoms with Gasteiger partial charge in [-0.1, -0.05) is 32.1 Å². The molecule has 3 atom stereocenters. The van der Waals surface area contributed by atoms with Crippen LogP contribution in [0.5, 0.6) is 0 Å². The molecule has 26 heavy (non-hydrogen) atoms. The van der Waals surface area contributed by atoms with Gasteiger partial charge in [-0.2, -0.15) is 0 Å². The largest absolute Gasteiger partial charge is 0.497 e. The van der Waals surface area contributed by atoms with Crippen molar-refractivity contribution in [1.82, 2.24) is 4.90 Å². The molecule has 3 unspecified atom stereocenters. The van der Waals surface area contributed by atoms with Gasteiger partial charge in [0.1, 0.15) is 17.4 Å². The first-order valence-electron chi connectivity index (χ1n) is 9.14. The molecule has 0 aromatic carbocycles. The predicted octanol–water partition coefficient (Wildman–Crippen LogP) is 3.54.